The van der Waals surface area contributed by atoms with E-state index in [1.54, 1.807) is 12.0 Å². The van der Waals surface area contributed by atoms with Gasteiger partial charge in [0.15, 0.2) is 0 Å². The third kappa shape index (κ3) is 6.71. The number of aromatic nitrogens is 1. The number of carbonyl (C=O) groups excluding carboxylic acids is 2. The molecule has 1 heterocycles. The van der Waals surface area contributed by atoms with E-state index in [4.69, 9.17) is 4.74 Å². The zero-order chi connectivity index (χ0) is 24.5. The van der Waals surface area contributed by atoms with E-state index in [-0.39, 0.29) is 18.5 Å². The Bertz CT molecular complexity index is 1070. The molecule has 7 heteroatoms. The van der Waals surface area contributed by atoms with Crippen molar-refractivity contribution < 1.29 is 14.3 Å². The largest absolute Gasteiger partial charge is 0.383 e. The summed E-state index contributed by atoms with van der Waals surface area (Å²) in [5, 5.41) is 2.99. The Balaban J connectivity index is 1.79. The lowest BCUT2D eigenvalue weighted by Crippen LogP contribution is -2.45. The molecule has 0 spiro atoms. The molecule has 0 aliphatic carbocycles. The molecule has 0 radical (unpaired) electrons. The molecule has 0 saturated carbocycles. The maximum absolute atomic E-state index is 13.5. The topological polar surface area (TPSA) is 66.8 Å². The summed E-state index contributed by atoms with van der Waals surface area (Å²) in [7, 11) is 3.55. The number of para-hydroxylation sites is 1. The van der Waals surface area contributed by atoms with Gasteiger partial charge in [-0.25, -0.2) is 4.79 Å². The lowest BCUT2D eigenvalue weighted by Gasteiger charge is -2.28. The van der Waals surface area contributed by atoms with Crippen molar-refractivity contribution in [3.8, 4) is 0 Å². The normalized spacial score (nSPS) is 10.7. The van der Waals surface area contributed by atoms with E-state index in [9.17, 15) is 9.59 Å². The van der Waals surface area contributed by atoms with Gasteiger partial charge in [0.05, 0.1) is 13.2 Å². The molecule has 0 unspecified atom stereocenters. The highest BCUT2D eigenvalue weighted by molar-refractivity contribution is 5.93. The van der Waals surface area contributed by atoms with Crippen LogP contribution in [0.4, 0.5) is 10.5 Å². The van der Waals surface area contributed by atoms with Crippen LogP contribution >= 0.6 is 0 Å². The summed E-state index contributed by atoms with van der Waals surface area (Å²) in [4.78, 5) is 30.0. The van der Waals surface area contributed by atoms with Gasteiger partial charge in [0.1, 0.15) is 6.54 Å². The Labute approximate surface area is 201 Å². The number of rotatable bonds is 10. The van der Waals surface area contributed by atoms with Gasteiger partial charge in [0, 0.05) is 44.8 Å². The van der Waals surface area contributed by atoms with Crippen molar-refractivity contribution in [3.05, 3.63) is 89.2 Å². The van der Waals surface area contributed by atoms with Crippen LogP contribution in [0.5, 0.6) is 0 Å². The number of urea groups is 1. The van der Waals surface area contributed by atoms with E-state index >= 15 is 0 Å². The SMILES string of the molecule is COCCN(CC(=O)N(Cc1ccccc1)Cc1cccn1C)C(=O)Nc1c(C)cccc1C. The van der Waals surface area contributed by atoms with Crippen LogP contribution < -0.4 is 5.32 Å². The third-order valence-electron chi connectivity index (χ3n) is 5.86. The number of benzene rings is 2. The Morgan fingerprint density at radius 2 is 1.62 bits per heavy atom. The van der Waals surface area contributed by atoms with Crippen LogP contribution in [0.2, 0.25) is 0 Å². The summed E-state index contributed by atoms with van der Waals surface area (Å²) in [6.45, 7) is 5.42. The number of ether oxygens (including phenoxy) is 1. The molecule has 3 aromatic rings. The first-order chi connectivity index (χ1) is 16.4. The number of amides is 3. The number of nitrogens with one attached hydrogen (secondary N) is 1. The molecule has 0 bridgehead atoms. The molecule has 180 valence electrons. The minimum Gasteiger partial charge on any atom is -0.383 e. The number of nitrogens with zero attached hydrogens (tertiary/aromatic N) is 3. The summed E-state index contributed by atoms with van der Waals surface area (Å²) >= 11 is 0. The van der Waals surface area contributed by atoms with E-state index in [1.165, 1.54) is 4.90 Å². The van der Waals surface area contributed by atoms with Crippen LogP contribution in [0.15, 0.2) is 66.9 Å². The maximum atomic E-state index is 13.5. The second kappa shape index (κ2) is 12.0. The predicted molar refractivity (Wildman–Crippen MR) is 134 cm³/mol. The van der Waals surface area contributed by atoms with Crippen molar-refractivity contribution in [1.29, 1.82) is 0 Å². The van der Waals surface area contributed by atoms with E-state index in [0.717, 1.165) is 28.1 Å². The van der Waals surface area contributed by atoms with E-state index in [1.807, 2.05) is 92.3 Å². The molecule has 0 aliphatic heterocycles. The van der Waals surface area contributed by atoms with Crippen molar-refractivity contribution in [2.45, 2.75) is 26.9 Å². The highest BCUT2D eigenvalue weighted by atomic mass is 16.5. The molecule has 3 amide bonds. The fourth-order valence-electron chi connectivity index (χ4n) is 3.81. The zero-order valence-corrected chi connectivity index (χ0v) is 20.5. The second-order valence-corrected chi connectivity index (χ2v) is 8.46. The lowest BCUT2D eigenvalue weighted by atomic mass is 10.1. The smallest absolute Gasteiger partial charge is 0.322 e. The highest BCUT2D eigenvalue weighted by Crippen LogP contribution is 2.20. The molecule has 0 atom stereocenters. The second-order valence-electron chi connectivity index (χ2n) is 8.46. The molecule has 1 N–H and O–H groups in total. The predicted octanol–water partition coefficient (Wildman–Crippen LogP) is 4.35. The van der Waals surface area contributed by atoms with Gasteiger partial charge in [-0.05, 0) is 42.7 Å². The van der Waals surface area contributed by atoms with E-state index < -0.39 is 0 Å². The van der Waals surface area contributed by atoms with Crippen molar-refractivity contribution in [3.63, 3.8) is 0 Å². The van der Waals surface area contributed by atoms with Crippen LogP contribution in [-0.2, 0) is 29.7 Å². The van der Waals surface area contributed by atoms with E-state index in [0.29, 0.717) is 26.2 Å². The van der Waals surface area contributed by atoms with Crippen molar-refractivity contribution >= 4 is 17.6 Å². The van der Waals surface area contributed by atoms with Gasteiger partial charge >= 0.3 is 6.03 Å². The minimum absolute atomic E-state index is 0.0443. The lowest BCUT2D eigenvalue weighted by molar-refractivity contribution is -0.133. The Morgan fingerprint density at radius 3 is 2.24 bits per heavy atom. The molecule has 0 aliphatic rings. The Morgan fingerprint density at radius 1 is 0.912 bits per heavy atom. The number of hydrogen-bond donors (Lipinski definition) is 1. The number of carbonyl (C=O) groups is 2. The van der Waals surface area contributed by atoms with E-state index in [2.05, 4.69) is 5.32 Å². The van der Waals surface area contributed by atoms with Gasteiger partial charge in [-0.1, -0.05) is 48.5 Å². The fraction of sp³-hybridized carbons (Fsp3) is 0.333. The van der Waals surface area contributed by atoms with Crippen molar-refractivity contribution in [1.82, 2.24) is 14.4 Å². The molecular formula is C27H34N4O3. The molecule has 0 saturated heterocycles. The van der Waals surface area contributed by atoms with Crippen molar-refractivity contribution in [2.75, 3.05) is 32.1 Å². The third-order valence-corrected chi connectivity index (χ3v) is 5.86. The number of anilines is 1. The van der Waals surface area contributed by atoms with Gasteiger partial charge in [-0.15, -0.1) is 0 Å². The highest BCUT2D eigenvalue weighted by Gasteiger charge is 2.23. The van der Waals surface area contributed by atoms with Crippen LogP contribution in [0.1, 0.15) is 22.4 Å². The van der Waals surface area contributed by atoms with Gasteiger partial charge in [-0.3, -0.25) is 4.79 Å². The van der Waals surface area contributed by atoms with Gasteiger partial charge in [0.25, 0.3) is 0 Å². The quantitative estimate of drug-likeness (QED) is 0.487. The summed E-state index contributed by atoms with van der Waals surface area (Å²) < 4.78 is 7.21. The molecule has 0 fully saturated rings. The maximum Gasteiger partial charge on any atom is 0.322 e. The van der Waals surface area contributed by atoms with Crippen LogP contribution in [0.25, 0.3) is 0 Å². The van der Waals surface area contributed by atoms with Crippen LogP contribution in [0, 0.1) is 13.8 Å². The molecule has 7 nitrogen and oxygen atoms in total. The van der Waals surface area contributed by atoms with Crippen molar-refractivity contribution in [2.24, 2.45) is 7.05 Å². The summed E-state index contributed by atoms with van der Waals surface area (Å²) in [5.41, 5.74) is 4.77. The Hall–Kier alpha value is -3.58. The number of aryl methyl sites for hydroxylation is 3. The standard InChI is InChI=1S/C27H34N4O3/c1-21-10-8-11-22(2)26(21)28-27(33)30(16-17-34-4)20-25(32)31(18-23-12-6-5-7-13-23)19-24-14-9-15-29(24)3/h5-15H,16-20H2,1-4H3,(H,28,33). The molecule has 3 rings (SSSR count). The first-order valence-corrected chi connectivity index (χ1v) is 11.4. The molecule has 1 aromatic heterocycles. The zero-order valence-electron chi connectivity index (χ0n) is 20.5. The average molecular weight is 463 g/mol. The first-order valence-electron chi connectivity index (χ1n) is 11.4. The number of hydrogen-bond acceptors (Lipinski definition) is 3. The fourth-order valence-corrected chi connectivity index (χ4v) is 3.81. The summed E-state index contributed by atoms with van der Waals surface area (Å²) in [6, 6.07) is 19.4. The van der Waals surface area contributed by atoms with Crippen LogP contribution in [-0.4, -0.2) is 53.1 Å². The monoisotopic (exact) mass is 462 g/mol. The summed E-state index contributed by atoms with van der Waals surface area (Å²) in [6.07, 6.45) is 1.96. The average Bonchev–Trinajstić information content (AvgIpc) is 3.23. The number of methoxy groups -OCH3 is 1. The van der Waals surface area contributed by atoms with Gasteiger partial charge in [0.2, 0.25) is 5.91 Å². The first kappa shape index (κ1) is 25.1. The minimum atomic E-state index is -0.318. The molecule has 34 heavy (non-hydrogen) atoms. The molecule has 2 aromatic carbocycles. The van der Waals surface area contributed by atoms with Gasteiger partial charge in [-0.2, -0.15) is 0 Å². The molecular weight excluding hydrogens is 428 g/mol. The summed E-state index contributed by atoms with van der Waals surface area (Å²) in [5.74, 6) is -0.127. The van der Waals surface area contributed by atoms with Crippen LogP contribution in [0.3, 0.4) is 0 Å². The Kier molecular flexibility index (Phi) is 8.87. The van der Waals surface area contributed by atoms with Gasteiger partial charge < -0.3 is 24.4 Å².